The van der Waals surface area contributed by atoms with Gasteiger partial charge in [0.1, 0.15) is 24.1 Å². The summed E-state index contributed by atoms with van der Waals surface area (Å²) in [6.07, 6.45) is -0.746. The van der Waals surface area contributed by atoms with E-state index in [4.69, 9.17) is 18.9 Å². The number of imide groups is 1. The highest BCUT2D eigenvalue weighted by atomic mass is 16.6. The quantitative estimate of drug-likeness (QED) is 0.399. The molecule has 1 N–H and O–H groups in total. The number of cyclic esters (lactones) is 1. The van der Waals surface area contributed by atoms with E-state index in [0.29, 0.717) is 13.2 Å². The molecule has 8 heteroatoms. The predicted molar refractivity (Wildman–Crippen MR) is 122 cm³/mol. The number of nitrogens with zero attached hydrogens (tertiary/aromatic N) is 1. The van der Waals surface area contributed by atoms with Gasteiger partial charge in [-0.15, -0.1) is 6.58 Å². The zero-order valence-corrected chi connectivity index (χ0v) is 20.0. The van der Waals surface area contributed by atoms with Crippen LogP contribution in [0.2, 0.25) is 0 Å². The van der Waals surface area contributed by atoms with Crippen LogP contribution in [0.3, 0.4) is 0 Å². The number of hydrogen-bond acceptors (Lipinski definition) is 7. The molecule has 2 aliphatic rings. The molecule has 6 atom stereocenters. The number of hydrogen-bond donors (Lipinski definition) is 1. The largest absolute Gasteiger partial charge is 0.497 e. The highest BCUT2D eigenvalue weighted by Gasteiger charge is 2.62. The molecular weight excluding hydrogens is 426 g/mol. The number of epoxide rings is 1. The van der Waals surface area contributed by atoms with Crippen LogP contribution in [0.5, 0.6) is 5.75 Å². The van der Waals surface area contributed by atoms with Crippen molar-refractivity contribution < 1.29 is 33.6 Å². The molecule has 0 saturated carbocycles. The van der Waals surface area contributed by atoms with Crippen LogP contribution in [0.1, 0.15) is 33.3 Å². The van der Waals surface area contributed by atoms with Gasteiger partial charge in [0.2, 0.25) is 5.91 Å². The van der Waals surface area contributed by atoms with Crippen LogP contribution in [0.25, 0.3) is 0 Å². The highest BCUT2D eigenvalue weighted by molar-refractivity contribution is 5.96. The van der Waals surface area contributed by atoms with E-state index in [-0.39, 0.29) is 30.6 Å². The summed E-state index contributed by atoms with van der Waals surface area (Å²) in [4.78, 5) is 26.5. The molecule has 2 amide bonds. The third-order valence-electron chi connectivity index (χ3n) is 6.59. The first-order chi connectivity index (χ1) is 15.6. The summed E-state index contributed by atoms with van der Waals surface area (Å²) in [6, 6.07) is 7.28. The lowest BCUT2D eigenvalue weighted by Crippen LogP contribution is -2.50. The Balaban J connectivity index is 1.57. The van der Waals surface area contributed by atoms with E-state index in [1.165, 1.54) is 6.08 Å². The maximum Gasteiger partial charge on any atom is 0.417 e. The second kappa shape index (κ2) is 10.2. The first-order valence-electron chi connectivity index (χ1n) is 11.3. The van der Waals surface area contributed by atoms with Crippen LogP contribution >= 0.6 is 0 Å². The molecule has 2 saturated heterocycles. The molecule has 1 aromatic carbocycles. The number of carbonyl (C=O) groups excluding carboxylic acids is 2. The van der Waals surface area contributed by atoms with Crippen LogP contribution in [0.15, 0.2) is 36.9 Å². The van der Waals surface area contributed by atoms with Gasteiger partial charge < -0.3 is 24.1 Å². The Hall–Kier alpha value is -2.42. The van der Waals surface area contributed by atoms with Gasteiger partial charge in [-0.3, -0.25) is 4.79 Å². The van der Waals surface area contributed by atoms with E-state index in [0.717, 1.165) is 16.2 Å². The molecule has 0 unspecified atom stereocenters. The second-order valence-electron chi connectivity index (χ2n) is 9.37. The highest BCUT2D eigenvalue weighted by Crippen LogP contribution is 2.46. The number of carbonyl (C=O) groups is 2. The topological polar surface area (TPSA) is 97.8 Å². The van der Waals surface area contributed by atoms with Crippen molar-refractivity contribution in [3.8, 4) is 5.75 Å². The van der Waals surface area contributed by atoms with Crippen molar-refractivity contribution in [1.29, 1.82) is 0 Å². The maximum atomic E-state index is 13.2. The smallest absolute Gasteiger partial charge is 0.417 e. The first-order valence-corrected chi connectivity index (χ1v) is 11.3. The lowest BCUT2D eigenvalue weighted by Gasteiger charge is -2.29. The van der Waals surface area contributed by atoms with Gasteiger partial charge in [-0.1, -0.05) is 39.0 Å². The number of methoxy groups -OCH3 is 1. The van der Waals surface area contributed by atoms with Crippen molar-refractivity contribution in [3.63, 3.8) is 0 Å². The molecule has 8 nitrogen and oxygen atoms in total. The van der Waals surface area contributed by atoms with Gasteiger partial charge in [0.15, 0.2) is 0 Å². The number of ether oxygens (including phenoxy) is 4. The Labute approximate surface area is 195 Å². The number of rotatable bonds is 11. The lowest BCUT2D eigenvalue weighted by molar-refractivity contribution is -0.137. The van der Waals surface area contributed by atoms with Crippen molar-refractivity contribution >= 4 is 12.0 Å². The van der Waals surface area contributed by atoms with Gasteiger partial charge in [-0.05, 0) is 30.5 Å². The van der Waals surface area contributed by atoms with Crippen LogP contribution in [0.4, 0.5) is 4.79 Å². The summed E-state index contributed by atoms with van der Waals surface area (Å²) in [6.45, 7) is 12.3. The molecule has 33 heavy (non-hydrogen) atoms. The van der Waals surface area contributed by atoms with Crippen molar-refractivity contribution in [3.05, 3.63) is 42.5 Å². The molecule has 2 fully saturated rings. The van der Waals surface area contributed by atoms with Crippen molar-refractivity contribution in [2.24, 2.45) is 17.8 Å². The van der Waals surface area contributed by atoms with Crippen molar-refractivity contribution in [1.82, 2.24) is 4.90 Å². The van der Waals surface area contributed by atoms with Gasteiger partial charge in [0.25, 0.3) is 0 Å². The average Bonchev–Trinajstić information content (AvgIpc) is 3.34. The fourth-order valence-electron chi connectivity index (χ4n) is 4.39. The van der Waals surface area contributed by atoms with E-state index in [2.05, 4.69) is 6.58 Å². The molecule has 0 spiro atoms. The minimum Gasteiger partial charge on any atom is -0.497 e. The molecule has 0 bridgehead atoms. The van der Waals surface area contributed by atoms with E-state index in [9.17, 15) is 14.7 Å². The van der Waals surface area contributed by atoms with Crippen molar-refractivity contribution in [2.45, 2.75) is 58.2 Å². The minimum atomic E-state index is -1.15. The molecule has 182 valence electrons. The van der Waals surface area contributed by atoms with Gasteiger partial charge in [0.05, 0.1) is 38.4 Å². The molecule has 2 aliphatic heterocycles. The summed E-state index contributed by atoms with van der Waals surface area (Å²) in [7, 11) is 1.62. The maximum absolute atomic E-state index is 13.2. The molecule has 0 aromatic heterocycles. The summed E-state index contributed by atoms with van der Waals surface area (Å²) in [5.41, 5.74) is 0.0889. The van der Waals surface area contributed by atoms with Crippen molar-refractivity contribution in [2.75, 3.05) is 20.3 Å². The van der Waals surface area contributed by atoms with E-state index in [1.807, 2.05) is 45.0 Å². The summed E-state index contributed by atoms with van der Waals surface area (Å²) in [5.74, 6) is -0.691. The van der Waals surface area contributed by atoms with E-state index >= 15 is 0 Å². The molecule has 0 radical (unpaired) electrons. The lowest BCUT2D eigenvalue weighted by atomic mass is 9.85. The Morgan fingerprint density at radius 1 is 1.33 bits per heavy atom. The summed E-state index contributed by atoms with van der Waals surface area (Å²) >= 11 is 0. The molecule has 1 aromatic rings. The number of aliphatic hydroxyl groups is 1. The number of amides is 2. The molecular formula is C25H35NO7. The zero-order valence-electron chi connectivity index (χ0n) is 20.0. The van der Waals surface area contributed by atoms with Gasteiger partial charge in [-0.2, -0.15) is 0 Å². The SMILES string of the molecule is C=C[C@H](C(=O)N1C(=O)OC[C@@H]1C(C)C)[C@H](O)[C@@]1(C)O[C@@H]1[C@@H](C)COCc1ccc(OC)cc1. The fraction of sp³-hybridized carbons (Fsp3) is 0.600. The van der Waals surface area contributed by atoms with E-state index < -0.39 is 29.6 Å². The van der Waals surface area contributed by atoms with Crippen LogP contribution in [-0.2, 0) is 25.6 Å². The van der Waals surface area contributed by atoms with Crippen LogP contribution < -0.4 is 4.74 Å². The second-order valence-corrected chi connectivity index (χ2v) is 9.37. The molecule has 3 rings (SSSR count). The third-order valence-corrected chi connectivity index (χ3v) is 6.59. The van der Waals surface area contributed by atoms with Gasteiger partial charge in [0, 0.05) is 5.92 Å². The fourth-order valence-corrected chi connectivity index (χ4v) is 4.39. The summed E-state index contributed by atoms with van der Waals surface area (Å²) in [5, 5.41) is 11.1. The Morgan fingerprint density at radius 2 is 2.00 bits per heavy atom. The van der Waals surface area contributed by atoms with E-state index in [1.54, 1.807) is 14.0 Å². The van der Waals surface area contributed by atoms with Crippen LogP contribution in [0, 0.1) is 17.8 Å². The monoisotopic (exact) mass is 461 g/mol. The standard InChI is InChI=1S/C25H35NO7/c1-7-19(23(28)26-20(15(2)3)14-32-24(26)29)21(27)25(5)22(33-25)16(4)12-31-13-17-8-10-18(30-6)11-9-17/h7-11,15-16,19-22,27H,1,12-14H2,2-6H3/t16-,19-,20+,21-,22+,25+/m0/s1. The normalized spacial score (nSPS) is 27.1. The first kappa shape index (κ1) is 25.2. The zero-order chi connectivity index (χ0) is 24.3. The number of aliphatic hydroxyl groups excluding tert-OH is 1. The van der Waals surface area contributed by atoms with Gasteiger partial charge >= 0.3 is 6.09 Å². The molecule has 2 heterocycles. The predicted octanol–water partition coefficient (Wildman–Crippen LogP) is 3.17. The Kier molecular flexibility index (Phi) is 7.82. The third kappa shape index (κ3) is 5.23. The Morgan fingerprint density at radius 3 is 2.58 bits per heavy atom. The number of benzene rings is 1. The Bertz CT molecular complexity index is 855. The average molecular weight is 462 g/mol. The molecule has 0 aliphatic carbocycles. The minimum absolute atomic E-state index is 0.0105. The van der Waals surface area contributed by atoms with Crippen LogP contribution in [-0.4, -0.2) is 66.2 Å². The van der Waals surface area contributed by atoms with Gasteiger partial charge in [-0.25, -0.2) is 9.69 Å². The summed E-state index contributed by atoms with van der Waals surface area (Å²) < 4.78 is 22.0.